The van der Waals surface area contributed by atoms with Crippen LogP contribution in [0.2, 0.25) is 0 Å². The highest BCUT2D eigenvalue weighted by Gasteiger charge is 2.13. The Bertz CT molecular complexity index is 1170. The number of ether oxygens (including phenoxy) is 2. The summed E-state index contributed by atoms with van der Waals surface area (Å²) in [5.74, 6) is 0.0706. The highest BCUT2D eigenvalue weighted by atomic mass is 79.9. The van der Waals surface area contributed by atoms with Crippen LogP contribution in [0.5, 0.6) is 11.5 Å². The maximum absolute atomic E-state index is 13.6. The lowest BCUT2D eigenvalue weighted by Gasteiger charge is -2.14. The van der Waals surface area contributed by atoms with Gasteiger partial charge in [0.25, 0.3) is 5.91 Å². The van der Waals surface area contributed by atoms with E-state index in [-0.39, 0.29) is 12.5 Å². The molecule has 3 aromatic rings. The van der Waals surface area contributed by atoms with Crippen LogP contribution in [0.1, 0.15) is 18.1 Å². The molecule has 0 unspecified atom stereocenters. The van der Waals surface area contributed by atoms with Gasteiger partial charge in [-0.2, -0.15) is 5.26 Å². The van der Waals surface area contributed by atoms with Crippen molar-refractivity contribution in [3.63, 3.8) is 0 Å². The maximum atomic E-state index is 13.6. The van der Waals surface area contributed by atoms with Gasteiger partial charge >= 0.3 is 0 Å². The van der Waals surface area contributed by atoms with Crippen molar-refractivity contribution in [2.45, 2.75) is 6.92 Å². The number of allylic oxidation sites excluding steroid dienone is 1. The second kappa shape index (κ2) is 11.1. The van der Waals surface area contributed by atoms with Crippen LogP contribution < -0.4 is 14.8 Å². The molecule has 0 radical (unpaired) electrons. The summed E-state index contributed by atoms with van der Waals surface area (Å²) in [4.78, 5) is 12.2. The van der Waals surface area contributed by atoms with Gasteiger partial charge in [-0.25, -0.2) is 4.39 Å². The fourth-order valence-electron chi connectivity index (χ4n) is 2.90. The zero-order valence-corrected chi connectivity index (χ0v) is 18.9. The zero-order valence-electron chi connectivity index (χ0n) is 17.3. The van der Waals surface area contributed by atoms with Crippen molar-refractivity contribution in [2.24, 2.45) is 0 Å². The summed E-state index contributed by atoms with van der Waals surface area (Å²) < 4.78 is 25.6. The number of nitrogens with one attached hydrogen (secondary N) is 1. The van der Waals surface area contributed by atoms with Crippen LogP contribution >= 0.6 is 15.9 Å². The lowest BCUT2D eigenvalue weighted by Crippen LogP contribution is -2.20. The van der Waals surface area contributed by atoms with Gasteiger partial charge in [-0.1, -0.05) is 46.3 Å². The molecule has 0 saturated heterocycles. The lowest BCUT2D eigenvalue weighted by atomic mass is 10.0. The molecule has 0 aliphatic carbocycles. The van der Waals surface area contributed by atoms with Crippen molar-refractivity contribution >= 4 is 39.2 Å². The quantitative estimate of drug-likeness (QED) is 0.304. The summed E-state index contributed by atoms with van der Waals surface area (Å²) in [5.41, 5.74) is 2.09. The molecule has 1 N–H and O–H groups in total. The molecule has 0 heterocycles. The molecule has 0 spiro atoms. The van der Waals surface area contributed by atoms with E-state index in [9.17, 15) is 14.4 Å². The lowest BCUT2D eigenvalue weighted by molar-refractivity contribution is -0.118. The van der Waals surface area contributed by atoms with Gasteiger partial charge in [-0.3, -0.25) is 4.79 Å². The SMILES string of the molecule is CCOc1cc(/C=C(/C#N)c2cccc(F)c2)c(Br)cc1OCC(=O)Nc1ccccc1. The molecular weight excluding hydrogens is 475 g/mol. The second-order valence-corrected chi connectivity index (χ2v) is 7.49. The van der Waals surface area contributed by atoms with Gasteiger partial charge in [0.05, 0.1) is 18.2 Å². The largest absolute Gasteiger partial charge is 0.490 e. The van der Waals surface area contributed by atoms with E-state index < -0.39 is 5.82 Å². The van der Waals surface area contributed by atoms with Crippen LogP contribution in [0.4, 0.5) is 10.1 Å². The Morgan fingerprint density at radius 1 is 1.09 bits per heavy atom. The second-order valence-electron chi connectivity index (χ2n) is 6.64. The minimum Gasteiger partial charge on any atom is -0.490 e. The molecule has 0 aliphatic heterocycles. The molecule has 3 rings (SSSR count). The van der Waals surface area contributed by atoms with Crippen molar-refractivity contribution in [2.75, 3.05) is 18.5 Å². The number of nitriles is 1. The summed E-state index contributed by atoms with van der Waals surface area (Å²) in [6, 6.07) is 20.4. The van der Waals surface area contributed by atoms with Crippen LogP contribution in [0.25, 0.3) is 11.6 Å². The molecule has 0 fully saturated rings. The van der Waals surface area contributed by atoms with Gasteiger partial charge < -0.3 is 14.8 Å². The number of hydrogen-bond donors (Lipinski definition) is 1. The normalized spacial score (nSPS) is 10.9. The molecule has 162 valence electrons. The first-order chi connectivity index (χ1) is 15.5. The molecule has 5 nitrogen and oxygen atoms in total. The average Bonchev–Trinajstić information content (AvgIpc) is 2.79. The fourth-order valence-corrected chi connectivity index (χ4v) is 3.33. The molecule has 0 atom stereocenters. The first kappa shape index (κ1) is 23.0. The third kappa shape index (κ3) is 6.19. The summed E-state index contributed by atoms with van der Waals surface area (Å²) in [6.07, 6.45) is 1.63. The number of hydrogen-bond acceptors (Lipinski definition) is 4. The smallest absolute Gasteiger partial charge is 0.262 e. The highest BCUT2D eigenvalue weighted by molar-refractivity contribution is 9.10. The van der Waals surface area contributed by atoms with E-state index >= 15 is 0 Å². The van der Waals surface area contributed by atoms with E-state index in [4.69, 9.17) is 9.47 Å². The van der Waals surface area contributed by atoms with E-state index in [1.54, 1.807) is 42.5 Å². The summed E-state index contributed by atoms with van der Waals surface area (Å²) >= 11 is 3.47. The Kier molecular flexibility index (Phi) is 8.01. The van der Waals surface area contributed by atoms with Crippen molar-refractivity contribution < 1.29 is 18.7 Å². The Balaban J connectivity index is 1.82. The van der Waals surface area contributed by atoms with E-state index in [0.29, 0.717) is 45.0 Å². The third-order valence-corrected chi connectivity index (χ3v) is 5.02. The van der Waals surface area contributed by atoms with Gasteiger partial charge in [0.1, 0.15) is 5.82 Å². The number of rotatable bonds is 8. The van der Waals surface area contributed by atoms with E-state index in [0.717, 1.165) is 0 Å². The van der Waals surface area contributed by atoms with Gasteiger partial charge in [0, 0.05) is 10.2 Å². The molecule has 0 aliphatic rings. The first-order valence-electron chi connectivity index (χ1n) is 9.82. The number of benzene rings is 3. The molecule has 0 aromatic heterocycles. The van der Waals surface area contributed by atoms with E-state index in [1.807, 2.05) is 25.1 Å². The fraction of sp³-hybridized carbons (Fsp3) is 0.120. The number of amides is 1. The third-order valence-electron chi connectivity index (χ3n) is 4.34. The van der Waals surface area contributed by atoms with Crippen LogP contribution in [0.15, 0.2) is 71.2 Å². The van der Waals surface area contributed by atoms with Crippen molar-refractivity contribution in [1.82, 2.24) is 0 Å². The first-order valence-corrected chi connectivity index (χ1v) is 10.6. The summed E-state index contributed by atoms with van der Waals surface area (Å²) in [7, 11) is 0. The average molecular weight is 495 g/mol. The number of carbonyl (C=O) groups is 1. The summed E-state index contributed by atoms with van der Waals surface area (Å²) in [5, 5.41) is 12.3. The molecule has 7 heteroatoms. The highest BCUT2D eigenvalue weighted by Crippen LogP contribution is 2.35. The van der Waals surface area contributed by atoms with Crippen molar-refractivity contribution in [1.29, 1.82) is 5.26 Å². The summed E-state index contributed by atoms with van der Waals surface area (Å²) in [6.45, 7) is 2.01. The van der Waals surface area contributed by atoms with Crippen LogP contribution in [-0.4, -0.2) is 19.1 Å². The van der Waals surface area contributed by atoms with Gasteiger partial charge in [0.2, 0.25) is 0 Å². The van der Waals surface area contributed by atoms with Crippen molar-refractivity contribution in [3.8, 4) is 17.6 Å². The number of anilines is 1. The van der Waals surface area contributed by atoms with Gasteiger partial charge in [0.15, 0.2) is 18.1 Å². The molecule has 3 aromatic carbocycles. The molecular formula is C25H20BrFN2O3. The zero-order chi connectivity index (χ0) is 22.9. The topological polar surface area (TPSA) is 71.3 Å². The number of nitrogens with zero attached hydrogens (tertiary/aromatic N) is 1. The van der Waals surface area contributed by atoms with Gasteiger partial charge in [-0.15, -0.1) is 0 Å². The van der Waals surface area contributed by atoms with Crippen LogP contribution in [0, 0.1) is 17.1 Å². The standard InChI is InChI=1S/C25H20BrFN2O3/c1-2-31-23-13-18(11-19(15-28)17-7-6-8-20(27)12-17)22(26)14-24(23)32-16-25(30)29-21-9-4-3-5-10-21/h3-14H,2,16H2,1H3,(H,29,30)/b19-11-. The number of halogens is 2. The Hall–Kier alpha value is -3.63. The molecule has 0 saturated carbocycles. The van der Waals surface area contributed by atoms with E-state index in [1.165, 1.54) is 12.1 Å². The number of para-hydroxylation sites is 1. The van der Waals surface area contributed by atoms with Gasteiger partial charge in [-0.05, 0) is 60.5 Å². The Labute approximate surface area is 194 Å². The minimum absolute atomic E-state index is 0.205. The predicted octanol–water partition coefficient (Wildman–Crippen LogP) is 6.07. The molecule has 32 heavy (non-hydrogen) atoms. The minimum atomic E-state index is -0.421. The van der Waals surface area contributed by atoms with Crippen molar-refractivity contribution in [3.05, 3.63) is 88.1 Å². The van der Waals surface area contributed by atoms with Crippen LogP contribution in [-0.2, 0) is 4.79 Å². The Morgan fingerprint density at radius 2 is 1.84 bits per heavy atom. The Morgan fingerprint density at radius 3 is 2.53 bits per heavy atom. The predicted molar refractivity (Wildman–Crippen MR) is 126 cm³/mol. The van der Waals surface area contributed by atoms with E-state index in [2.05, 4.69) is 27.3 Å². The molecule has 0 bridgehead atoms. The molecule has 1 amide bonds. The maximum Gasteiger partial charge on any atom is 0.262 e. The monoisotopic (exact) mass is 494 g/mol. The number of carbonyl (C=O) groups excluding carboxylic acids is 1. The van der Waals surface area contributed by atoms with Crippen LogP contribution in [0.3, 0.4) is 0 Å².